The van der Waals surface area contributed by atoms with Crippen molar-refractivity contribution >= 4 is 0 Å². The minimum atomic E-state index is -0.290. The molecule has 2 aromatic carbocycles. The van der Waals surface area contributed by atoms with Crippen LogP contribution in [0, 0.1) is 6.92 Å². The molecule has 1 heteroatoms. The Balaban J connectivity index is 2.37. The van der Waals surface area contributed by atoms with Gasteiger partial charge >= 0.3 is 0 Å². The third kappa shape index (κ3) is 2.95. The molecule has 0 fully saturated rings. The van der Waals surface area contributed by atoms with Gasteiger partial charge in [-0.15, -0.1) is 0 Å². The first-order valence-corrected chi connectivity index (χ1v) is 6.00. The fourth-order valence-corrected chi connectivity index (χ4v) is 2.10. The third-order valence-electron chi connectivity index (χ3n) is 2.91. The quantitative estimate of drug-likeness (QED) is 0.848. The lowest BCUT2D eigenvalue weighted by Gasteiger charge is -2.09. The number of benzene rings is 2. The first-order chi connectivity index (χ1) is 8.16. The summed E-state index contributed by atoms with van der Waals surface area (Å²) in [6.45, 7) is 3.94. The average Bonchev–Trinajstić information content (AvgIpc) is 2.29. The van der Waals surface area contributed by atoms with Gasteiger partial charge in [0, 0.05) is 0 Å². The van der Waals surface area contributed by atoms with Crippen LogP contribution in [0.3, 0.4) is 0 Å². The van der Waals surface area contributed by atoms with E-state index in [9.17, 15) is 5.11 Å². The van der Waals surface area contributed by atoms with Crippen LogP contribution < -0.4 is 0 Å². The van der Waals surface area contributed by atoms with Crippen molar-refractivity contribution in [3.63, 3.8) is 0 Å². The molecule has 0 spiro atoms. The fraction of sp³-hybridized carbons (Fsp3) is 0.250. The molecule has 0 heterocycles. The second-order valence-corrected chi connectivity index (χ2v) is 4.57. The fourth-order valence-electron chi connectivity index (χ4n) is 2.10. The molecular formula is C16H18O. The van der Waals surface area contributed by atoms with Crippen molar-refractivity contribution in [1.82, 2.24) is 0 Å². The SMILES string of the molecule is Cc1ccccc1-c1cccc(CC(C)O)c1. The second kappa shape index (κ2) is 5.15. The first-order valence-electron chi connectivity index (χ1n) is 6.00. The molecule has 0 bridgehead atoms. The number of hydrogen-bond donors (Lipinski definition) is 1. The van der Waals surface area contributed by atoms with Crippen molar-refractivity contribution in [2.75, 3.05) is 0 Å². The maximum absolute atomic E-state index is 9.42. The molecule has 88 valence electrons. The van der Waals surface area contributed by atoms with E-state index in [0.717, 1.165) is 0 Å². The Morgan fingerprint density at radius 1 is 1.06 bits per heavy atom. The summed E-state index contributed by atoms with van der Waals surface area (Å²) in [5.74, 6) is 0. The molecule has 0 radical (unpaired) electrons. The van der Waals surface area contributed by atoms with Gasteiger partial charge in [-0.3, -0.25) is 0 Å². The molecule has 1 nitrogen and oxygen atoms in total. The molecule has 0 aromatic heterocycles. The molecule has 2 rings (SSSR count). The Labute approximate surface area is 103 Å². The first kappa shape index (κ1) is 11.9. The van der Waals surface area contributed by atoms with E-state index in [1.807, 2.05) is 6.92 Å². The van der Waals surface area contributed by atoms with Crippen molar-refractivity contribution in [1.29, 1.82) is 0 Å². The molecule has 0 aliphatic heterocycles. The second-order valence-electron chi connectivity index (χ2n) is 4.57. The number of aliphatic hydroxyl groups excluding tert-OH is 1. The van der Waals surface area contributed by atoms with Crippen LogP contribution in [0.4, 0.5) is 0 Å². The van der Waals surface area contributed by atoms with E-state index in [0.29, 0.717) is 6.42 Å². The predicted molar refractivity (Wildman–Crippen MR) is 72.0 cm³/mol. The highest BCUT2D eigenvalue weighted by Gasteiger charge is 2.03. The Morgan fingerprint density at radius 2 is 1.82 bits per heavy atom. The molecule has 17 heavy (non-hydrogen) atoms. The van der Waals surface area contributed by atoms with Crippen LogP contribution in [0.15, 0.2) is 48.5 Å². The number of aryl methyl sites for hydroxylation is 1. The molecule has 1 N–H and O–H groups in total. The van der Waals surface area contributed by atoms with Crippen molar-refractivity contribution in [3.05, 3.63) is 59.7 Å². The van der Waals surface area contributed by atoms with Crippen molar-refractivity contribution in [3.8, 4) is 11.1 Å². The monoisotopic (exact) mass is 226 g/mol. The van der Waals surface area contributed by atoms with E-state index in [2.05, 4.69) is 55.5 Å². The van der Waals surface area contributed by atoms with Gasteiger partial charge in [-0.1, -0.05) is 48.5 Å². The van der Waals surface area contributed by atoms with E-state index in [1.54, 1.807) is 0 Å². The van der Waals surface area contributed by atoms with Crippen LogP contribution in [-0.2, 0) is 6.42 Å². The van der Waals surface area contributed by atoms with Crippen LogP contribution >= 0.6 is 0 Å². The highest BCUT2D eigenvalue weighted by molar-refractivity contribution is 5.67. The predicted octanol–water partition coefficient (Wildman–Crippen LogP) is 3.59. The molecule has 1 unspecified atom stereocenters. The Bertz CT molecular complexity index is 500. The van der Waals surface area contributed by atoms with Gasteiger partial charge in [-0.05, 0) is 42.5 Å². The Hall–Kier alpha value is -1.60. The zero-order valence-electron chi connectivity index (χ0n) is 10.4. The number of rotatable bonds is 3. The molecule has 0 saturated carbocycles. The number of hydrogen-bond acceptors (Lipinski definition) is 1. The van der Waals surface area contributed by atoms with E-state index in [4.69, 9.17) is 0 Å². The van der Waals surface area contributed by atoms with Gasteiger partial charge in [0.1, 0.15) is 0 Å². The highest BCUT2D eigenvalue weighted by Crippen LogP contribution is 2.24. The molecule has 0 saturated heterocycles. The summed E-state index contributed by atoms with van der Waals surface area (Å²) < 4.78 is 0. The molecular weight excluding hydrogens is 208 g/mol. The lowest BCUT2D eigenvalue weighted by molar-refractivity contribution is 0.195. The van der Waals surface area contributed by atoms with Crippen LogP contribution in [0.1, 0.15) is 18.1 Å². The minimum absolute atomic E-state index is 0.290. The average molecular weight is 226 g/mol. The topological polar surface area (TPSA) is 20.2 Å². The smallest absolute Gasteiger partial charge is 0.0552 e. The van der Waals surface area contributed by atoms with Gasteiger partial charge < -0.3 is 5.11 Å². The summed E-state index contributed by atoms with van der Waals surface area (Å²) in [6, 6.07) is 16.8. The van der Waals surface area contributed by atoms with E-state index >= 15 is 0 Å². The largest absolute Gasteiger partial charge is 0.393 e. The van der Waals surface area contributed by atoms with Crippen LogP contribution in [0.25, 0.3) is 11.1 Å². The van der Waals surface area contributed by atoms with E-state index < -0.39 is 0 Å². The molecule has 0 aliphatic carbocycles. The maximum atomic E-state index is 9.42. The van der Waals surface area contributed by atoms with Gasteiger partial charge in [-0.2, -0.15) is 0 Å². The van der Waals surface area contributed by atoms with E-state index in [-0.39, 0.29) is 6.10 Å². The van der Waals surface area contributed by atoms with Gasteiger partial charge in [-0.25, -0.2) is 0 Å². The zero-order chi connectivity index (χ0) is 12.3. The number of aliphatic hydroxyl groups is 1. The Morgan fingerprint density at radius 3 is 2.53 bits per heavy atom. The van der Waals surface area contributed by atoms with Crippen LogP contribution in [-0.4, -0.2) is 11.2 Å². The van der Waals surface area contributed by atoms with Crippen LogP contribution in [0.5, 0.6) is 0 Å². The summed E-state index contributed by atoms with van der Waals surface area (Å²) in [7, 11) is 0. The highest BCUT2D eigenvalue weighted by atomic mass is 16.3. The van der Waals surface area contributed by atoms with Gasteiger partial charge in [0.15, 0.2) is 0 Å². The molecule has 1 atom stereocenters. The van der Waals surface area contributed by atoms with Crippen molar-refractivity contribution < 1.29 is 5.11 Å². The van der Waals surface area contributed by atoms with E-state index in [1.165, 1.54) is 22.3 Å². The standard InChI is InChI=1S/C16H18O/c1-12-6-3-4-9-16(12)15-8-5-7-14(11-15)10-13(2)17/h3-9,11,13,17H,10H2,1-2H3. The summed E-state index contributed by atoms with van der Waals surface area (Å²) in [5, 5.41) is 9.42. The van der Waals surface area contributed by atoms with Gasteiger partial charge in [0.05, 0.1) is 6.10 Å². The maximum Gasteiger partial charge on any atom is 0.0552 e. The molecule has 0 amide bonds. The van der Waals surface area contributed by atoms with Crippen molar-refractivity contribution in [2.24, 2.45) is 0 Å². The van der Waals surface area contributed by atoms with Gasteiger partial charge in [0.25, 0.3) is 0 Å². The Kier molecular flexibility index (Phi) is 3.60. The van der Waals surface area contributed by atoms with Crippen molar-refractivity contribution in [2.45, 2.75) is 26.4 Å². The summed E-state index contributed by atoms with van der Waals surface area (Å²) >= 11 is 0. The molecule has 2 aromatic rings. The summed E-state index contributed by atoms with van der Waals surface area (Å²) in [4.78, 5) is 0. The summed E-state index contributed by atoms with van der Waals surface area (Å²) in [5.41, 5.74) is 4.95. The zero-order valence-corrected chi connectivity index (χ0v) is 10.4. The normalized spacial score (nSPS) is 12.4. The third-order valence-corrected chi connectivity index (χ3v) is 2.91. The minimum Gasteiger partial charge on any atom is -0.393 e. The lowest BCUT2D eigenvalue weighted by atomic mass is 9.97. The van der Waals surface area contributed by atoms with Crippen LogP contribution in [0.2, 0.25) is 0 Å². The molecule has 0 aliphatic rings. The summed E-state index contributed by atoms with van der Waals surface area (Å²) in [6.07, 6.45) is 0.418. The lowest BCUT2D eigenvalue weighted by Crippen LogP contribution is -2.03. The van der Waals surface area contributed by atoms with Gasteiger partial charge in [0.2, 0.25) is 0 Å².